The topological polar surface area (TPSA) is 148 Å². The van der Waals surface area contributed by atoms with Crippen LogP contribution < -0.4 is 21.9 Å². The number of rotatable bonds is 9. The second-order valence-corrected chi connectivity index (χ2v) is 8.30. The summed E-state index contributed by atoms with van der Waals surface area (Å²) in [6.45, 7) is 1.80. The van der Waals surface area contributed by atoms with Crippen LogP contribution in [-0.4, -0.2) is 59.0 Å². The summed E-state index contributed by atoms with van der Waals surface area (Å²) in [6.07, 6.45) is 4.50. The fourth-order valence-electron chi connectivity index (χ4n) is 4.53. The van der Waals surface area contributed by atoms with Gasteiger partial charge in [-0.05, 0) is 19.3 Å². The maximum Gasteiger partial charge on any atom is 0.330 e. The zero-order valence-electron chi connectivity index (χ0n) is 18.6. The Morgan fingerprint density at radius 1 is 1.16 bits per heavy atom. The van der Waals surface area contributed by atoms with E-state index in [2.05, 4.69) is 4.98 Å². The molecule has 2 aliphatic rings. The van der Waals surface area contributed by atoms with Crippen molar-refractivity contribution in [1.82, 2.24) is 14.5 Å². The highest BCUT2D eigenvalue weighted by atomic mass is 16.5. The molecule has 2 fully saturated rings. The Kier molecular flexibility index (Phi) is 7.49. The number of carbonyl (C=O) groups is 3. The number of aromatic nitrogens is 2. The molecule has 0 bridgehead atoms. The van der Waals surface area contributed by atoms with E-state index in [-0.39, 0.29) is 54.9 Å². The predicted molar refractivity (Wildman–Crippen MR) is 117 cm³/mol. The van der Waals surface area contributed by atoms with Crippen LogP contribution in [0.3, 0.4) is 0 Å². The number of hydrogen-bond acceptors (Lipinski definition) is 7. The molecule has 2 heterocycles. The number of imide groups is 1. The number of anilines is 2. The molecule has 1 aromatic rings. The summed E-state index contributed by atoms with van der Waals surface area (Å²) in [5.41, 5.74) is 4.51. The van der Waals surface area contributed by atoms with E-state index in [1.54, 1.807) is 0 Å². The third-order valence-corrected chi connectivity index (χ3v) is 6.27. The third-order valence-electron chi connectivity index (χ3n) is 6.27. The van der Waals surface area contributed by atoms with Gasteiger partial charge in [0.1, 0.15) is 12.4 Å². The standard InChI is InChI=1S/C21H31N5O6/c1-3-4-9-25-17(22)16(18(28)23-21(25)31)24(10-11-32-2)15(27)12-26-19(29)13-7-5-6-8-14(13)20(26)30/h13-14H,3-12,22H2,1-2H3,(H,23,28,31)/t13-,14-/m0/s1. The number of aromatic amines is 1. The van der Waals surface area contributed by atoms with Gasteiger partial charge in [0.15, 0.2) is 5.69 Å². The number of ether oxygens (including phenoxy) is 1. The number of hydrogen-bond donors (Lipinski definition) is 2. The molecule has 2 atom stereocenters. The molecule has 1 aromatic heterocycles. The van der Waals surface area contributed by atoms with E-state index in [4.69, 9.17) is 10.5 Å². The molecule has 0 spiro atoms. The van der Waals surface area contributed by atoms with Crippen LogP contribution in [0, 0.1) is 11.8 Å². The number of unbranched alkanes of at least 4 members (excludes halogenated alkanes) is 1. The lowest BCUT2D eigenvalue weighted by molar-refractivity contribution is -0.143. The second kappa shape index (κ2) is 10.1. The molecule has 11 nitrogen and oxygen atoms in total. The monoisotopic (exact) mass is 449 g/mol. The number of nitrogens with zero attached hydrogens (tertiary/aromatic N) is 3. The maximum atomic E-state index is 13.2. The highest BCUT2D eigenvalue weighted by Gasteiger charge is 2.49. The number of likely N-dealkylation sites (tertiary alicyclic amines) is 1. The van der Waals surface area contributed by atoms with E-state index in [1.165, 1.54) is 11.7 Å². The number of nitrogens with one attached hydrogen (secondary N) is 1. The molecule has 11 heteroatoms. The van der Waals surface area contributed by atoms with Gasteiger partial charge < -0.3 is 15.4 Å². The summed E-state index contributed by atoms with van der Waals surface area (Å²) < 4.78 is 6.29. The van der Waals surface area contributed by atoms with Gasteiger partial charge in [-0.2, -0.15) is 0 Å². The number of carbonyl (C=O) groups excluding carboxylic acids is 3. The number of methoxy groups -OCH3 is 1. The van der Waals surface area contributed by atoms with Gasteiger partial charge in [0.05, 0.1) is 18.4 Å². The first-order valence-corrected chi connectivity index (χ1v) is 11.1. The van der Waals surface area contributed by atoms with Crippen molar-refractivity contribution in [1.29, 1.82) is 0 Å². The number of nitrogen functional groups attached to an aromatic ring is 1. The highest BCUT2D eigenvalue weighted by Crippen LogP contribution is 2.38. The summed E-state index contributed by atoms with van der Waals surface area (Å²) in [5, 5.41) is 0. The smallest absolute Gasteiger partial charge is 0.330 e. The van der Waals surface area contributed by atoms with E-state index in [9.17, 15) is 24.0 Å². The van der Waals surface area contributed by atoms with Crippen LogP contribution >= 0.6 is 0 Å². The van der Waals surface area contributed by atoms with Gasteiger partial charge in [0, 0.05) is 20.2 Å². The Labute approximate surface area is 185 Å². The van der Waals surface area contributed by atoms with E-state index in [0.29, 0.717) is 19.3 Å². The van der Waals surface area contributed by atoms with Crippen molar-refractivity contribution in [3.63, 3.8) is 0 Å². The number of H-pyrrole nitrogens is 1. The van der Waals surface area contributed by atoms with Gasteiger partial charge >= 0.3 is 5.69 Å². The van der Waals surface area contributed by atoms with Crippen molar-refractivity contribution >= 4 is 29.2 Å². The quantitative estimate of drug-likeness (QED) is 0.507. The molecule has 3 amide bonds. The average Bonchev–Trinajstić information content (AvgIpc) is 3.00. The number of nitrogens with two attached hydrogens (primary N) is 1. The summed E-state index contributed by atoms with van der Waals surface area (Å²) in [6, 6.07) is 0. The van der Waals surface area contributed by atoms with E-state index in [0.717, 1.165) is 29.1 Å². The molecule has 1 saturated heterocycles. The van der Waals surface area contributed by atoms with Gasteiger partial charge in [0.2, 0.25) is 17.7 Å². The number of amides is 3. The largest absolute Gasteiger partial charge is 0.383 e. The fourth-order valence-corrected chi connectivity index (χ4v) is 4.53. The Balaban J connectivity index is 1.92. The second-order valence-electron chi connectivity index (χ2n) is 8.30. The summed E-state index contributed by atoms with van der Waals surface area (Å²) in [5.74, 6) is -2.20. The molecule has 1 aliphatic carbocycles. The van der Waals surface area contributed by atoms with Gasteiger partial charge in [-0.25, -0.2) is 4.79 Å². The van der Waals surface area contributed by atoms with Crippen LogP contribution in [0.15, 0.2) is 9.59 Å². The third kappa shape index (κ3) is 4.47. The van der Waals surface area contributed by atoms with Crippen LogP contribution in [0.2, 0.25) is 0 Å². The first-order chi connectivity index (χ1) is 15.3. The zero-order chi connectivity index (χ0) is 23.4. The Bertz CT molecular complexity index is 975. The van der Waals surface area contributed by atoms with Crippen molar-refractivity contribution in [3.8, 4) is 0 Å². The first-order valence-electron chi connectivity index (χ1n) is 11.1. The SMILES string of the molecule is CCCCn1c(N)c(N(CCOC)C(=O)CN2C(=O)[C@H]3CCCC[C@@H]3C2=O)c(=O)[nH]c1=O. The van der Waals surface area contributed by atoms with Gasteiger partial charge in [-0.3, -0.25) is 33.6 Å². The Morgan fingerprint density at radius 3 is 2.34 bits per heavy atom. The minimum atomic E-state index is -0.808. The lowest BCUT2D eigenvalue weighted by Crippen LogP contribution is -2.47. The van der Waals surface area contributed by atoms with Crippen molar-refractivity contribution in [2.24, 2.45) is 11.8 Å². The first kappa shape index (κ1) is 23.7. The Morgan fingerprint density at radius 2 is 1.78 bits per heavy atom. The van der Waals surface area contributed by atoms with Gasteiger partial charge in [-0.1, -0.05) is 26.2 Å². The lowest BCUT2D eigenvalue weighted by atomic mass is 9.81. The van der Waals surface area contributed by atoms with Gasteiger partial charge in [-0.15, -0.1) is 0 Å². The molecule has 0 radical (unpaired) electrons. The number of fused-ring (bicyclic) bond motifs is 1. The molecule has 1 aliphatic heterocycles. The molecule has 3 N–H and O–H groups in total. The van der Waals surface area contributed by atoms with Crippen LogP contribution in [0.5, 0.6) is 0 Å². The maximum absolute atomic E-state index is 13.2. The normalized spacial score (nSPS) is 20.5. The van der Waals surface area contributed by atoms with Crippen molar-refractivity contribution in [2.45, 2.75) is 52.0 Å². The fraction of sp³-hybridized carbons (Fsp3) is 0.667. The minimum Gasteiger partial charge on any atom is -0.383 e. The predicted octanol–water partition coefficient (Wildman–Crippen LogP) is 0.0735. The molecule has 0 aromatic carbocycles. The molecule has 32 heavy (non-hydrogen) atoms. The summed E-state index contributed by atoms with van der Waals surface area (Å²) in [7, 11) is 1.44. The summed E-state index contributed by atoms with van der Waals surface area (Å²) >= 11 is 0. The van der Waals surface area contributed by atoms with E-state index >= 15 is 0 Å². The van der Waals surface area contributed by atoms with Crippen molar-refractivity contribution < 1.29 is 19.1 Å². The summed E-state index contributed by atoms with van der Waals surface area (Å²) in [4.78, 5) is 68.0. The van der Waals surface area contributed by atoms with Crippen molar-refractivity contribution in [2.75, 3.05) is 37.4 Å². The minimum absolute atomic E-state index is 0.0301. The molecule has 176 valence electrons. The van der Waals surface area contributed by atoms with Crippen molar-refractivity contribution in [3.05, 3.63) is 20.8 Å². The highest BCUT2D eigenvalue weighted by molar-refractivity contribution is 6.09. The van der Waals surface area contributed by atoms with E-state index in [1.807, 2.05) is 6.92 Å². The van der Waals surface area contributed by atoms with Crippen LogP contribution in [0.4, 0.5) is 11.5 Å². The van der Waals surface area contributed by atoms with Crippen LogP contribution in [0.1, 0.15) is 45.4 Å². The van der Waals surface area contributed by atoms with Gasteiger partial charge in [0.25, 0.3) is 5.56 Å². The molecule has 3 rings (SSSR count). The molecule has 1 saturated carbocycles. The lowest BCUT2D eigenvalue weighted by Gasteiger charge is -2.26. The van der Waals surface area contributed by atoms with E-state index < -0.39 is 23.7 Å². The average molecular weight is 450 g/mol. The molecule has 0 unspecified atom stereocenters. The molecular weight excluding hydrogens is 418 g/mol. The molecular formula is C21H31N5O6. The zero-order valence-corrected chi connectivity index (χ0v) is 18.6. The van der Waals surface area contributed by atoms with Crippen LogP contribution in [-0.2, 0) is 25.7 Å². The Hall–Kier alpha value is -2.95. The van der Waals surface area contributed by atoms with Crippen LogP contribution in [0.25, 0.3) is 0 Å².